The van der Waals surface area contributed by atoms with E-state index in [0.717, 1.165) is 0 Å². The van der Waals surface area contributed by atoms with E-state index in [4.69, 9.17) is 9.47 Å². The van der Waals surface area contributed by atoms with Gasteiger partial charge in [0, 0.05) is 44.7 Å². The summed E-state index contributed by atoms with van der Waals surface area (Å²) in [6, 6.07) is 12.3. The minimum atomic E-state index is -1.40. The van der Waals surface area contributed by atoms with Crippen LogP contribution in [0.15, 0.2) is 65.8 Å². The molecule has 0 spiro atoms. The van der Waals surface area contributed by atoms with Crippen LogP contribution < -0.4 is 10.3 Å². The van der Waals surface area contributed by atoms with Gasteiger partial charge in [-0.2, -0.15) is 5.10 Å². The first kappa shape index (κ1) is 28.0. The maximum atomic E-state index is 14.8. The van der Waals surface area contributed by atoms with Gasteiger partial charge in [-0.1, -0.05) is 0 Å². The molecule has 2 aromatic heterocycles. The molecule has 0 bridgehead atoms. The highest BCUT2D eigenvalue weighted by Crippen LogP contribution is 2.28. The fourth-order valence-electron chi connectivity index (χ4n) is 5.40. The predicted molar refractivity (Wildman–Crippen MR) is 149 cm³/mol. The maximum Gasteiger partial charge on any atom is 0.264 e. The number of carbonyl (C=O) groups excluding carboxylic acids is 1. The lowest BCUT2D eigenvalue weighted by Crippen LogP contribution is -2.49. The minimum Gasteiger partial charge on any atom is -0.490 e. The van der Waals surface area contributed by atoms with Gasteiger partial charge in [0.05, 0.1) is 24.0 Å². The fraction of sp³-hybridized carbons (Fsp3) is 0.400. The van der Waals surface area contributed by atoms with Gasteiger partial charge in [0.25, 0.3) is 11.5 Å². The highest BCUT2D eigenvalue weighted by atomic mass is 19.1. The minimum absolute atomic E-state index is 0.0206. The molecule has 0 saturated carbocycles. The van der Waals surface area contributed by atoms with Crippen LogP contribution in [0.2, 0.25) is 0 Å². The number of hydrogen-bond donors (Lipinski definition) is 1. The molecule has 6 rings (SSSR count). The van der Waals surface area contributed by atoms with Crippen molar-refractivity contribution < 1.29 is 28.2 Å². The van der Waals surface area contributed by atoms with Crippen LogP contribution in [-0.4, -0.2) is 79.4 Å². The topological polar surface area (TPSA) is 112 Å². The molecule has 0 radical (unpaired) electrons. The Kier molecular flexibility index (Phi) is 7.50. The monoisotopic (exact) mass is 579 g/mol. The molecule has 2 aliphatic heterocycles. The summed E-state index contributed by atoms with van der Waals surface area (Å²) in [5, 5.41) is 15.9. The third-order valence-corrected chi connectivity index (χ3v) is 8.06. The van der Waals surface area contributed by atoms with Crippen LogP contribution in [0.5, 0.6) is 5.75 Å². The average molecular weight is 580 g/mol. The Morgan fingerprint density at radius 2 is 1.71 bits per heavy atom. The largest absolute Gasteiger partial charge is 0.490 e. The summed E-state index contributed by atoms with van der Waals surface area (Å²) in [6.07, 6.45) is 3.99. The molecule has 220 valence electrons. The number of fused-ring (bicyclic) bond motifs is 1. The van der Waals surface area contributed by atoms with Gasteiger partial charge in [0.1, 0.15) is 35.6 Å². The number of nitrogens with zero attached hydrogens (tertiary/aromatic N) is 5. The number of aliphatic hydroxyl groups is 1. The Morgan fingerprint density at radius 3 is 2.40 bits per heavy atom. The average Bonchev–Trinajstić information content (AvgIpc) is 3.44. The first-order chi connectivity index (χ1) is 20.2. The van der Waals surface area contributed by atoms with Crippen LogP contribution in [0.25, 0.3) is 16.7 Å². The molecular formula is C30H31F2N5O5. The number of benzene rings is 2. The quantitative estimate of drug-likeness (QED) is 0.358. The van der Waals surface area contributed by atoms with Crippen molar-refractivity contribution in [3.05, 3.63) is 82.8 Å². The van der Waals surface area contributed by atoms with Crippen molar-refractivity contribution in [3.8, 4) is 11.4 Å². The number of carbonyl (C=O) groups is 1. The van der Waals surface area contributed by atoms with E-state index in [9.17, 15) is 23.5 Å². The van der Waals surface area contributed by atoms with Crippen LogP contribution in [0.1, 0.15) is 36.0 Å². The molecule has 10 nitrogen and oxygen atoms in total. The summed E-state index contributed by atoms with van der Waals surface area (Å²) in [6.45, 7) is 1.35. The van der Waals surface area contributed by atoms with E-state index in [0.29, 0.717) is 67.2 Å². The number of piperidine rings is 1. The van der Waals surface area contributed by atoms with Gasteiger partial charge in [-0.25, -0.2) is 18.4 Å². The number of aromatic nitrogens is 4. The zero-order valence-electron chi connectivity index (χ0n) is 22.9. The van der Waals surface area contributed by atoms with Gasteiger partial charge in [-0.05, 0) is 61.4 Å². The van der Waals surface area contributed by atoms with Crippen molar-refractivity contribution in [1.82, 2.24) is 24.2 Å². The van der Waals surface area contributed by atoms with E-state index in [1.54, 1.807) is 29.2 Å². The zero-order chi connectivity index (χ0) is 29.3. The second-order valence-corrected chi connectivity index (χ2v) is 11.0. The molecule has 4 aromatic rings. The van der Waals surface area contributed by atoms with E-state index in [2.05, 4.69) is 10.1 Å². The molecule has 2 aliphatic rings. The van der Waals surface area contributed by atoms with Gasteiger partial charge in [0.2, 0.25) is 0 Å². The SMILES string of the molecule is O=C(c1ccc(F)cc1)N1CCC(O)(Cn2cnc3c(cnn3-c3ccc(OCC4(F)CCOCC4)cc3)c2=O)CC1. The molecule has 42 heavy (non-hydrogen) atoms. The van der Waals surface area contributed by atoms with Gasteiger partial charge < -0.3 is 19.5 Å². The lowest BCUT2D eigenvalue weighted by atomic mass is 9.91. The second kappa shape index (κ2) is 11.3. The van der Waals surface area contributed by atoms with Gasteiger partial charge in [-0.3, -0.25) is 14.2 Å². The van der Waals surface area contributed by atoms with E-state index in [1.165, 1.54) is 46.0 Å². The predicted octanol–water partition coefficient (Wildman–Crippen LogP) is 3.29. The molecule has 0 aliphatic carbocycles. The number of ether oxygens (including phenoxy) is 2. The Balaban J connectivity index is 1.11. The Morgan fingerprint density at radius 1 is 1.02 bits per heavy atom. The molecule has 1 N–H and O–H groups in total. The van der Waals surface area contributed by atoms with Gasteiger partial charge in [0.15, 0.2) is 5.65 Å². The van der Waals surface area contributed by atoms with Crippen molar-refractivity contribution in [2.45, 2.75) is 43.5 Å². The smallest absolute Gasteiger partial charge is 0.264 e. The van der Waals surface area contributed by atoms with E-state index >= 15 is 0 Å². The summed E-state index contributed by atoms with van der Waals surface area (Å²) in [5.74, 6) is -0.120. The molecule has 2 saturated heterocycles. The second-order valence-electron chi connectivity index (χ2n) is 11.0. The standard InChI is InChI=1S/C30H31F2N5O5/c31-22-3-1-21(2-4-22)27(38)35-13-9-30(40,10-14-35)18-36-20-33-26-25(28(36)39)17-34-37(26)23-5-7-24(8-6-23)42-19-29(32)11-15-41-16-12-29/h1-8,17,20,40H,9-16,18-19H2. The number of likely N-dealkylation sites (tertiary alicyclic amines) is 1. The zero-order valence-corrected chi connectivity index (χ0v) is 22.9. The third kappa shape index (κ3) is 5.77. The van der Waals surface area contributed by atoms with Crippen LogP contribution >= 0.6 is 0 Å². The van der Waals surface area contributed by atoms with Crippen molar-refractivity contribution >= 4 is 16.9 Å². The lowest BCUT2D eigenvalue weighted by molar-refractivity contribution is -0.0324. The highest BCUT2D eigenvalue weighted by Gasteiger charge is 2.35. The third-order valence-electron chi connectivity index (χ3n) is 8.06. The van der Waals surface area contributed by atoms with Crippen LogP contribution in [0.3, 0.4) is 0 Å². The summed E-state index contributed by atoms with van der Waals surface area (Å²) in [4.78, 5) is 32.1. The summed E-state index contributed by atoms with van der Waals surface area (Å²) in [5.41, 5.74) is -1.54. The van der Waals surface area contributed by atoms with E-state index in [1.807, 2.05) is 0 Å². The van der Waals surface area contributed by atoms with Crippen LogP contribution in [0.4, 0.5) is 8.78 Å². The fourth-order valence-corrected chi connectivity index (χ4v) is 5.40. The molecular weight excluding hydrogens is 548 g/mol. The van der Waals surface area contributed by atoms with E-state index < -0.39 is 17.1 Å². The number of halogens is 2. The Bertz CT molecular complexity index is 1620. The maximum absolute atomic E-state index is 14.8. The molecule has 2 aromatic carbocycles. The highest BCUT2D eigenvalue weighted by molar-refractivity contribution is 5.94. The molecule has 2 fully saturated rings. The molecule has 0 atom stereocenters. The Labute approximate surface area is 240 Å². The number of alkyl halides is 1. The summed E-state index contributed by atoms with van der Waals surface area (Å²) < 4.78 is 41.8. The Hall–Kier alpha value is -4.16. The molecule has 12 heteroatoms. The van der Waals surface area contributed by atoms with E-state index in [-0.39, 0.29) is 37.5 Å². The molecule has 0 unspecified atom stereocenters. The molecule has 4 heterocycles. The van der Waals surface area contributed by atoms with Gasteiger partial charge >= 0.3 is 0 Å². The lowest BCUT2D eigenvalue weighted by Gasteiger charge is -2.38. The first-order valence-electron chi connectivity index (χ1n) is 13.9. The first-order valence-corrected chi connectivity index (χ1v) is 13.9. The summed E-state index contributed by atoms with van der Waals surface area (Å²) in [7, 11) is 0. The molecule has 1 amide bonds. The van der Waals surface area contributed by atoms with Crippen molar-refractivity contribution in [2.24, 2.45) is 0 Å². The van der Waals surface area contributed by atoms with Crippen LogP contribution in [0, 0.1) is 5.82 Å². The van der Waals surface area contributed by atoms with Crippen molar-refractivity contribution in [2.75, 3.05) is 32.9 Å². The van der Waals surface area contributed by atoms with Crippen molar-refractivity contribution in [3.63, 3.8) is 0 Å². The normalized spacial score (nSPS) is 18.2. The summed E-state index contributed by atoms with van der Waals surface area (Å²) >= 11 is 0. The number of hydrogen-bond acceptors (Lipinski definition) is 7. The van der Waals surface area contributed by atoms with Crippen LogP contribution in [-0.2, 0) is 11.3 Å². The number of amides is 1. The number of rotatable bonds is 7. The van der Waals surface area contributed by atoms with Gasteiger partial charge in [-0.15, -0.1) is 0 Å². The van der Waals surface area contributed by atoms with Crippen molar-refractivity contribution in [1.29, 1.82) is 0 Å².